The van der Waals surface area contributed by atoms with Gasteiger partial charge in [-0.2, -0.15) is 18.4 Å². The molecule has 0 aliphatic carbocycles. The summed E-state index contributed by atoms with van der Waals surface area (Å²) in [6.45, 7) is 6.27. The fourth-order valence-electron chi connectivity index (χ4n) is 3.52. The van der Waals surface area contributed by atoms with E-state index >= 15 is 0 Å². The Balaban J connectivity index is 1.92. The minimum atomic E-state index is -4.56. The van der Waals surface area contributed by atoms with Gasteiger partial charge in [-0.1, -0.05) is 42.5 Å². The lowest BCUT2D eigenvalue weighted by atomic mass is 10.0. The van der Waals surface area contributed by atoms with Crippen molar-refractivity contribution in [3.63, 3.8) is 0 Å². The zero-order chi connectivity index (χ0) is 26.8. The van der Waals surface area contributed by atoms with Gasteiger partial charge >= 0.3 is 6.18 Å². The molecule has 3 aromatic rings. The van der Waals surface area contributed by atoms with Gasteiger partial charge in [-0.05, 0) is 60.9 Å². The number of anilines is 1. The first-order chi connectivity index (χ1) is 17.7. The van der Waals surface area contributed by atoms with E-state index in [1.54, 1.807) is 18.2 Å². The number of rotatable bonds is 10. The highest BCUT2D eigenvalue weighted by Gasteiger charge is 2.30. The number of carbonyl (C=O) groups excluding carboxylic acids is 1. The number of nitrogens with zero attached hydrogens (tertiary/aromatic N) is 1. The summed E-state index contributed by atoms with van der Waals surface area (Å²) in [5, 5.41) is 12.0. The summed E-state index contributed by atoms with van der Waals surface area (Å²) in [4.78, 5) is 12.7. The van der Waals surface area contributed by atoms with Crippen LogP contribution in [0.15, 0.2) is 85.0 Å². The highest BCUT2D eigenvalue weighted by Crippen LogP contribution is 2.35. The highest BCUT2D eigenvalue weighted by atomic mass is 19.4. The zero-order valence-electron chi connectivity index (χ0n) is 20.1. The van der Waals surface area contributed by atoms with Crippen molar-refractivity contribution in [2.75, 3.05) is 11.9 Å². The van der Waals surface area contributed by atoms with Crippen LogP contribution in [0.4, 0.5) is 18.9 Å². The smallest absolute Gasteiger partial charge is 0.416 e. The molecule has 1 N–H and O–H groups in total. The summed E-state index contributed by atoms with van der Waals surface area (Å²) < 4.78 is 50.9. The number of hydrogen-bond donors (Lipinski definition) is 1. The van der Waals surface area contributed by atoms with Crippen molar-refractivity contribution >= 4 is 17.7 Å². The van der Waals surface area contributed by atoms with Gasteiger partial charge in [0.15, 0.2) is 11.5 Å². The number of nitriles is 1. The SMILES string of the molecule is C=CCc1cc(/C=C(\C#N)C(=O)Nc2cccc(C(F)(F)F)c2)cc(OCC)c1OCc1ccccc1. The number of benzene rings is 3. The Labute approximate surface area is 213 Å². The van der Waals surface area contributed by atoms with Crippen molar-refractivity contribution in [1.29, 1.82) is 5.26 Å². The summed E-state index contributed by atoms with van der Waals surface area (Å²) >= 11 is 0. The predicted octanol–water partition coefficient (Wildman–Crippen LogP) is 6.96. The third kappa shape index (κ3) is 7.48. The summed E-state index contributed by atoms with van der Waals surface area (Å²) in [7, 11) is 0. The van der Waals surface area contributed by atoms with E-state index in [-0.39, 0.29) is 11.3 Å². The molecule has 0 bridgehead atoms. The normalized spacial score (nSPS) is 11.4. The molecule has 0 fully saturated rings. The van der Waals surface area contributed by atoms with Gasteiger partial charge in [0, 0.05) is 11.3 Å². The molecule has 37 heavy (non-hydrogen) atoms. The average molecular weight is 507 g/mol. The first-order valence-electron chi connectivity index (χ1n) is 11.4. The van der Waals surface area contributed by atoms with Crippen molar-refractivity contribution < 1.29 is 27.4 Å². The molecular formula is C29H25F3N2O3. The van der Waals surface area contributed by atoms with Crippen LogP contribution in [0, 0.1) is 11.3 Å². The Hall–Kier alpha value is -4.51. The molecular weight excluding hydrogens is 481 g/mol. The second-order valence-corrected chi connectivity index (χ2v) is 7.91. The summed E-state index contributed by atoms with van der Waals surface area (Å²) in [6.07, 6.45) is -1.08. The molecule has 0 aliphatic rings. The molecule has 0 heterocycles. The number of hydrogen-bond acceptors (Lipinski definition) is 4. The summed E-state index contributed by atoms with van der Waals surface area (Å²) in [6, 6.07) is 19.0. The zero-order valence-corrected chi connectivity index (χ0v) is 20.1. The van der Waals surface area contributed by atoms with E-state index in [0.29, 0.717) is 36.7 Å². The van der Waals surface area contributed by atoms with Crippen LogP contribution in [0.25, 0.3) is 6.08 Å². The standard InChI is InChI=1S/C29H25F3N2O3/c1-3-9-22-14-21(16-26(36-4-2)27(22)37-19-20-10-6-5-7-11-20)15-23(18-33)28(35)34-25-13-8-12-24(17-25)29(30,31)32/h3,5-8,10-17H,1,4,9,19H2,2H3,(H,34,35)/b23-15+. The molecule has 0 aliphatic heterocycles. The largest absolute Gasteiger partial charge is 0.490 e. The minimum Gasteiger partial charge on any atom is -0.490 e. The molecule has 0 saturated carbocycles. The fraction of sp³-hybridized carbons (Fsp3) is 0.172. The highest BCUT2D eigenvalue weighted by molar-refractivity contribution is 6.09. The van der Waals surface area contributed by atoms with Crippen LogP contribution < -0.4 is 14.8 Å². The third-order valence-corrected chi connectivity index (χ3v) is 5.17. The molecule has 8 heteroatoms. The number of carbonyl (C=O) groups is 1. The van der Waals surface area contributed by atoms with Gasteiger partial charge < -0.3 is 14.8 Å². The molecule has 3 aromatic carbocycles. The average Bonchev–Trinajstić information content (AvgIpc) is 2.87. The fourth-order valence-corrected chi connectivity index (χ4v) is 3.52. The topological polar surface area (TPSA) is 71.4 Å². The third-order valence-electron chi connectivity index (χ3n) is 5.17. The quantitative estimate of drug-likeness (QED) is 0.183. The Morgan fingerprint density at radius 1 is 1.08 bits per heavy atom. The molecule has 5 nitrogen and oxygen atoms in total. The van der Waals surface area contributed by atoms with E-state index in [1.165, 1.54) is 18.2 Å². The van der Waals surface area contributed by atoms with Gasteiger partial charge in [-0.3, -0.25) is 4.79 Å². The van der Waals surface area contributed by atoms with Crippen LogP contribution in [0.1, 0.15) is 29.2 Å². The molecule has 0 spiro atoms. The van der Waals surface area contributed by atoms with Crippen molar-refractivity contribution in [2.45, 2.75) is 26.1 Å². The van der Waals surface area contributed by atoms with Gasteiger partial charge in [0.25, 0.3) is 5.91 Å². The number of ether oxygens (including phenoxy) is 2. The van der Waals surface area contributed by atoms with Crippen LogP contribution in [-0.4, -0.2) is 12.5 Å². The van der Waals surface area contributed by atoms with Crippen LogP contribution in [0.2, 0.25) is 0 Å². The minimum absolute atomic E-state index is 0.0759. The molecule has 190 valence electrons. The van der Waals surface area contributed by atoms with E-state index in [1.807, 2.05) is 43.3 Å². The summed E-state index contributed by atoms with van der Waals surface area (Å²) in [5.74, 6) is 0.115. The lowest BCUT2D eigenvalue weighted by Crippen LogP contribution is -2.14. The molecule has 0 radical (unpaired) electrons. The van der Waals surface area contributed by atoms with Gasteiger partial charge in [-0.25, -0.2) is 0 Å². The molecule has 0 atom stereocenters. The van der Waals surface area contributed by atoms with E-state index in [4.69, 9.17) is 9.47 Å². The number of alkyl halides is 3. The van der Waals surface area contributed by atoms with Crippen LogP contribution in [0.3, 0.4) is 0 Å². The van der Waals surface area contributed by atoms with E-state index in [9.17, 15) is 23.2 Å². The van der Waals surface area contributed by atoms with Crippen molar-refractivity contribution in [3.05, 3.63) is 107 Å². The van der Waals surface area contributed by atoms with Crippen molar-refractivity contribution in [2.24, 2.45) is 0 Å². The van der Waals surface area contributed by atoms with E-state index in [0.717, 1.165) is 23.3 Å². The number of amides is 1. The maximum absolute atomic E-state index is 13.0. The first kappa shape index (κ1) is 27.1. The molecule has 0 unspecified atom stereocenters. The number of nitrogens with one attached hydrogen (secondary N) is 1. The second kappa shape index (κ2) is 12.5. The van der Waals surface area contributed by atoms with Crippen LogP contribution in [0.5, 0.6) is 11.5 Å². The van der Waals surface area contributed by atoms with Gasteiger partial charge in [0.1, 0.15) is 18.2 Å². The van der Waals surface area contributed by atoms with Crippen molar-refractivity contribution in [3.8, 4) is 17.6 Å². The van der Waals surface area contributed by atoms with Crippen LogP contribution in [-0.2, 0) is 24.0 Å². The lowest BCUT2D eigenvalue weighted by molar-refractivity contribution is -0.137. The second-order valence-electron chi connectivity index (χ2n) is 7.91. The van der Waals surface area contributed by atoms with Crippen molar-refractivity contribution in [1.82, 2.24) is 0 Å². The predicted molar refractivity (Wildman–Crippen MR) is 136 cm³/mol. The van der Waals surface area contributed by atoms with Crippen LogP contribution >= 0.6 is 0 Å². The molecule has 0 aromatic heterocycles. The molecule has 0 saturated heterocycles. The monoisotopic (exact) mass is 506 g/mol. The summed E-state index contributed by atoms with van der Waals surface area (Å²) in [5.41, 5.74) is 0.919. The lowest BCUT2D eigenvalue weighted by Gasteiger charge is -2.17. The van der Waals surface area contributed by atoms with E-state index in [2.05, 4.69) is 11.9 Å². The molecule has 3 rings (SSSR count). The number of allylic oxidation sites excluding steroid dienone is 1. The first-order valence-corrected chi connectivity index (χ1v) is 11.4. The van der Waals surface area contributed by atoms with Gasteiger partial charge in [0.05, 0.1) is 12.2 Å². The Kier molecular flexibility index (Phi) is 9.11. The van der Waals surface area contributed by atoms with Gasteiger partial charge in [-0.15, -0.1) is 6.58 Å². The molecule has 1 amide bonds. The Morgan fingerprint density at radius 2 is 1.84 bits per heavy atom. The Morgan fingerprint density at radius 3 is 2.49 bits per heavy atom. The maximum Gasteiger partial charge on any atom is 0.416 e. The Bertz CT molecular complexity index is 1330. The number of halogens is 3. The van der Waals surface area contributed by atoms with E-state index < -0.39 is 17.6 Å². The maximum atomic E-state index is 13.0. The van der Waals surface area contributed by atoms with Gasteiger partial charge in [0.2, 0.25) is 0 Å².